The third-order valence-electron chi connectivity index (χ3n) is 2.53. The van der Waals surface area contributed by atoms with Crippen LogP contribution in [-0.2, 0) is 14.9 Å². The van der Waals surface area contributed by atoms with Gasteiger partial charge in [0.15, 0.2) is 0 Å². The topological polar surface area (TPSA) is 67.8 Å². The van der Waals surface area contributed by atoms with Crippen LogP contribution in [0.15, 0.2) is 28.3 Å². The van der Waals surface area contributed by atoms with Gasteiger partial charge in [0.05, 0.1) is 17.2 Å². The second-order valence-corrected chi connectivity index (χ2v) is 6.42. The Hall–Kier alpha value is -1.18. The minimum Gasteiger partial charge on any atom is -0.391 e. The Morgan fingerprint density at radius 2 is 2.26 bits per heavy atom. The van der Waals surface area contributed by atoms with Crippen LogP contribution in [0.1, 0.15) is 13.3 Å². The second-order valence-electron chi connectivity index (χ2n) is 4.22. The summed E-state index contributed by atoms with van der Waals surface area (Å²) in [6.45, 7) is 1.86. The lowest BCUT2D eigenvalue weighted by Crippen LogP contribution is -2.32. The molecule has 8 heteroatoms. The summed E-state index contributed by atoms with van der Waals surface area (Å²) in [6.07, 6.45) is 0.227. The second kappa shape index (κ2) is 5.44. The summed E-state index contributed by atoms with van der Waals surface area (Å²) in [7, 11) is -3.82. The van der Waals surface area contributed by atoms with Gasteiger partial charge in [0.1, 0.15) is 11.9 Å². The van der Waals surface area contributed by atoms with Crippen molar-refractivity contribution < 1.29 is 17.6 Å². The maximum absolute atomic E-state index is 13.1. The van der Waals surface area contributed by atoms with E-state index >= 15 is 0 Å². The van der Waals surface area contributed by atoms with Gasteiger partial charge in [-0.15, -0.1) is 0 Å². The zero-order valence-electron chi connectivity index (χ0n) is 10.1. The smallest absolute Gasteiger partial charge is 0.240 e. The van der Waals surface area contributed by atoms with Crippen LogP contribution in [0, 0.1) is 5.82 Å². The van der Waals surface area contributed by atoms with Crippen LogP contribution in [0.2, 0.25) is 5.02 Å². The van der Waals surface area contributed by atoms with Crippen molar-refractivity contribution >= 4 is 27.3 Å². The lowest BCUT2D eigenvalue weighted by molar-refractivity contribution is 0.0891. The first kappa shape index (κ1) is 14.2. The summed E-state index contributed by atoms with van der Waals surface area (Å²) >= 11 is 5.63. The van der Waals surface area contributed by atoms with E-state index in [0.29, 0.717) is 6.42 Å². The zero-order chi connectivity index (χ0) is 14.0. The van der Waals surface area contributed by atoms with Crippen molar-refractivity contribution in [3.8, 4) is 0 Å². The van der Waals surface area contributed by atoms with Crippen LogP contribution < -0.4 is 4.72 Å². The van der Waals surface area contributed by atoms with E-state index in [2.05, 4.69) is 9.88 Å². The van der Waals surface area contributed by atoms with Gasteiger partial charge < -0.3 is 4.84 Å². The largest absolute Gasteiger partial charge is 0.391 e. The normalized spacial score (nSPS) is 19.1. The van der Waals surface area contributed by atoms with E-state index in [4.69, 9.17) is 16.4 Å². The molecule has 5 nitrogen and oxygen atoms in total. The van der Waals surface area contributed by atoms with Crippen LogP contribution in [0.3, 0.4) is 0 Å². The zero-order valence-corrected chi connectivity index (χ0v) is 11.6. The summed E-state index contributed by atoms with van der Waals surface area (Å²) in [5.74, 6) is -0.704. The Morgan fingerprint density at radius 1 is 1.53 bits per heavy atom. The molecule has 104 valence electrons. The highest BCUT2D eigenvalue weighted by atomic mass is 35.5. The molecule has 1 N–H and O–H groups in total. The van der Waals surface area contributed by atoms with Crippen molar-refractivity contribution in [2.24, 2.45) is 5.16 Å². The highest BCUT2D eigenvalue weighted by molar-refractivity contribution is 7.89. The van der Waals surface area contributed by atoms with Crippen molar-refractivity contribution in [1.29, 1.82) is 0 Å². The first-order chi connectivity index (χ1) is 8.87. The van der Waals surface area contributed by atoms with E-state index in [0.717, 1.165) is 17.8 Å². The molecule has 0 fully saturated rings. The molecule has 0 radical (unpaired) electrons. The Labute approximate surface area is 115 Å². The average Bonchev–Trinajstić information content (AvgIpc) is 2.71. The average molecular weight is 307 g/mol. The summed E-state index contributed by atoms with van der Waals surface area (Å²) in [5.41, 5.74) is 0.804. The fraction of sp³-hybridized carbons (Fsp3) is 0.364. The maximum Gasteiger partial charge on any atom is 0.240 e. The Balaban J connectivity index is 2.06. The van der Waals surface area contributed by atoms with Gasteiger partial charge in [-0.3, -0.25) is 0 Å². The molecule has 0 spiro atoms. The Bertz CT molecular complexity index is 598. The number of halogens is 2. The van der Waals surface area contributed by atoms with Crippen LogP contribution >= 0.6 is 11.6 Å². The van der Waals surface area contributed by atoms with E-state index in [1.165, 1.54) is 6.07 Å². The predicted molar refractivity (Wildman–Crippen MR) is 69.2 cm³/mol. The minimum absolute atomic E-state index is 0.0247. The summed E-state index contributed by atoms with van der Waals surface area (Å²) in [6, 6.07) is 3.13. The van der Waals surface area contributed by atoms with Crippen LogP contribution in [0.25, 0.3) is 0 Å². The lowest BCUT2D eigenvalue weighted by Gasteiger charge is -2.10. The molecule has 19 heavy (non-hydrogen) atoms. The number of sulfonamides is 1. The monoisotopic (exact) mass is 306 g/mol. The molecule has 1 aromatic rings. The van der Waals surface area contributed by atoms with Gasteiger partial charge in [-0.2, -0.15) is 0 Å². The minimum atomic E-state index is -3.82. The van der Waals surface area contributed by atoms with Crippen molar-refractivity contribution in [3.05, 3.63) is 29.0 Å². The molecule has 0 aliphatic carbocycles. The molecule has 1 aliphatic heterocycles. The van der Waals surface area contributed by atoms with E-state index in [-0.39, 0.29) is 22.6 Å². The lowest BCUT2D eigenvalue weighted by atomic mass is 10.2. The van der Waals surface area contributed by atoms with Gasteiger partial charge in [-0.05, 0) is 25.1 Å². The number of oxime groups is 1. The van der Waals surface area contributed by atoms with Gasteiger partial charge in [-0.1, -0.05) is 16.8 Å². The van der Waals surface area contributed by atoms with Gasteiger partial charge in [0.2, 0.25) is 10.0 Å². The number of rotatable bonds is 4. The van der Waals surface area contributed by atoms with Gasteiger partial charge in [0.25, 0.3) is 0 Å². The maximum atomic E-state index is 13.1. The number of nitrogens with one attached hydrogen (secondary N) is 1. The van der Waals surface area contributed by atoms with E-state index in [1.807, 2.05) is 0 Å². The molecule has 1 aliphatic rings. The number of benzene rings is 1. The number of nitrogens with zero attached hydrogens (tertiary/aromatic N) is 1. The SMILES string of the molecule is CC1=NOC(CNS(=O)(=O)c2cc(F)cc(Cl)c2)C1. The first-order valence-corrected chi connectivity index (χ1v) is 7.38. The summed E-state index contributed by atoms with van der Waals surface area (Å²) in [5, 5.41) is 3.74. The molecule has 1 unspecified atom stereocenters. The van der Waals surface area contributed by atoms with Crippen molar-refractivity contribution in [2.75, 3.05) is 6.54 Å². The third-order valence-corrected chi connectivity index (χ3v) is 4.15. The molecule has 0 bridgehead atoms. The molecule has 0 saturated heterocycles. The molecule has 0 amide bonds. The molecular weight excluding hydrogens is 295 g/mol. The number of hydrogen-bond acceptors (Lipinski definition) is 4. The highest BCUT2D eigenvalue weighted by Gasteiger charge is 2.22. The Morgan fingerprint density at radius 3 is 2.84 bits per heavy atom. The molecule has 1 aromatic carbocycles. The summed E-state index contributed by atoms with van der Waals surface area (Å²) in [4.78, 5) is 4.79. The molecular formula is C11H12ClFN2O3S. The quantitative estimate of drug-likeness (QED) is 0.924. The van der Waals surface area contributed by atoms with E-state index < -0.39 is 15.8 Å². The fourth-order valence-electron chi connectivity index (χ4n) is 1.65. The van der Waals surface area contributed by atoms with Crippen LogP contribution in [0.4, 0.5) is 4.39 Å². The van der Waals surface area contributed by atoms with Gasteiger partial charge in [0, 0.05) is 11.4 Å². The predicted octanol–water partition coefficient (Wildman–Crippen LogP) is 1.92. The van der Waals surface area contributed by atoms with Crippen molar-refractivity contribution in [3.63, 3.8) is 0 Å². The summed E-state index contributed by atoms with van der Waals surface area (Å²) < 4.78 is 39.4. The van der Waals surface area contributed by atoms with Gasteiger partial charge in [-0.25, -0.2) is 17.5 Å². The van der Waals surface area contributed by atoms with Crippen LogP contribution in [0.5, 0.6) is 0 Å². The first-order valence-electron chi connectivity index (χ1n) is 5.52. The van der Waals surface area contributed by atoms with Crippen molar-refractivity contribution in [2.45, 2.75) is 24.3 Å². The molecule has 0 aromatic heterocycles. The Kier molecular flexibility index (Phi) is 4.07. The standard InChI is InChI=1S/C11H12ClFN2O3S/c1-7-2-10(18-15-7)6-14-19(16,17)11-4-8(12)3-9(13)5-11/h3-5,10,14H,2,6H2,1H3. The third kappa shape index (κ3) is 3.65. The molecule has 1 heterocycles. The molecule has 0 saturated carbocycles. The van der Waals surface area contributed by atoms with Crippen LogP contribution in [-0.4, -0.2) is 26.8 Å². The highest BCUT2D eigenvalue weighted by Crippen LogP contribution is 2.18. The van der Waals surface area contributed by atoms with E-state index in [1.54, 1.807) is 6.92 Å². The van der Waals surface area contributed by atoms with Gasteiger partial charge >= 0.3 is 0 Å². The fourth-order valence-corrected chi connectivity index (χ4v) is 3.06. The molecule has 1 atom stereocenters. The van der Waals surface area contributed by atoms with Crippen molar-refractivity contribution in [1.82, 2.24) is 4.72 Å². The molecule has 2 rings (SSSR count). The van der Waals surface area contributed by atoms with E-state index in [9.17, 15) is 12.8 Å². The number of hydrogen-bond donors (Lipinski definition) is 1.